The quantitative estimate of drug-likeness (QED) is 0.230. The highest BCUT2D eigenvalue weighted by Crippen LogP contribution is 2.26. The van der Waals surface area contributed by atoms with E-state index < -0.39 is 6.10 Å². The molecular formula is C26H25NO6. The van der Waals surface area contributed by atoms with E-state index in [1.165, 1.54) is 18.2 Å². The Hall–Kier alpha value is -3.81. The van der Waals surface area contributed by atoms with Crippen LogP contribution in [0.3, 0.4) is 0 Å². The van der Waals surface area contributed by atoms with E-state index in [4.69, 9.17) is 9.15 Å². The van der Waals surface area contributed by atoms with Crippen LogP contribution in [0.1, 0.15) is 5.56 Å². The lowest BCUT2D eigenvalue weighted by Crippen LogP contribution is -2.32. The monoisotopic (exact) mass is 447 g/mol. The van der Waals surface area contributed by atoms with Crippen molar-refractivity contribution >= 4 is 11.0 Å². The first-order chi connectivity index (χ1) is 16.0. The van der Waals surface area contributed by atoms with Crippen LogP contribution in [-0.2, 0) is 6.42 Å². The Morgan fingerprint density at radius 1 is 0.939 bits per heavy atom. The van der Waals surface area contributed by atoms with Gasteiger partial charge in [0.1, 0.15) is 29.8 Å². The van der Waals surface area contributed by atoms with Crippen LogP contribution >= 0.6 is 0 Å². The number of rotatable bonds is 9. The van der Waals surface area contributed by atoms with E-state index in [0.717, 1.165) is 11.1 Å². The second-order valence-corrected chi connectivity index (χ2v) is 7.74. The molecule has 0 aliphatic carbocycles. The zero-order chi connectivity index (χ0) is 23.2. The topological polar surface area (TPSA) is 112 Å². The van der Waals surface area contributed by atoms with E-state index in [0.29, 0.717) is 42.0 Å². The number of aliphatic hydroxyl groups excluding tert-OH is 1. The minimum Gasteiger partial charge on any atom is -0.504 e. The molecule has 0 saturated carbocycles. The van der Waals surface area contributed by atoms with Crippen molar-refractivity contribution in [2.24, 2.45) is 0 Å². The normalized spacial score (nSPS) is 12.0. The van der Waals surface area contributed by atoms with E-state index in [9.17, 15) is 20.1 Å². The second-order valence-electron chi connectivity index (χ2n) is 7.74. The third kappa shape index (κ3) is 5.71. The SMILES string of the molecule is O=c1cc(-c2ccccc2)oc2cc(OCC(O)CNCCc3ccc(O)c(O)c3)ccc12. The first-order valence-electron chi connectivity index (χ1n) is 10.7. The summed E-state index contributed by atoms with van der Waals surface area (Å²) in [5, 5.41) is 32.7. The van der Waals surface area contributed by atoms with Gasteiger partial charge in [0.15, 0.2) is 16.9 Å². The lowest BCUT2D eigenvalue weighted by molar-refractivity contribution is 0.106. The molecule has 0 bridgehead atoms. The van der Waals surface area contributed by atoms with E-state index >= 15 is 0 Å². The summed E-state index contributed by atoms with van der Waals surface area (Å²) in [6, 6.07) is 20.6. The van der Waals surface area contributed by atoms with Crippen LogP contribution in [0.15, 0.2) is 82.0 Å². The lowest BCUT2D eigenvalue weighted by atomic mass is 10.1. The second kappa shape index (κ2) is 10.2. The standard InChI is InChI=1S/C26H25NO6/c28-19(15-27-11-10-17-6-9-22(29)24(31)12-17)16-32-20-7-8-21-23(30)14-25(33-26(21)13-20)18-4-2-1-3-5-18/h1-9,12-14,19,27-29,31H,10-11,15-16H2. The Morgan fingerprint density at radius 3 is 2.55 bits per heavy atom. The minimum atomic E-state index is -0.739. The van der Waals surface area contributed by atoms with Crippen LogP contribution in [0, 0.1) is 0 Å². The summed E-state index contributed by atoms with van der Waals surface area (Å²) in [6.07, 6.45) is -0.105. The smallest absolute Gasteiger partial charge is 0.193 e. The van der Waals surface area contributed by atoms with Gasteiger partial charge >= 0.3 is 0 Å². The Bertz CT molecular complexity index is 1290. The predicted molar refractivity (Wildman–Crippen MR) is 126 cm³/mol. The fraction of sp³-hybridized carbons (Fsp3) is 0.192. The Labute approximate surface area is 190 Å². The molecule has 1 heterocycles. The summed E-state index contributed by atoms with van der Waals surface area (Å²) in [5.41, 5.74) is 1.97. The van der Waals surface area contributed by atoms with Crippen molar-refractivity contribution in [3.8, 4) is 28.6 Å². The zero-order valence-corrected chi connectivity index (χ0v) is 17.9. The first kappa shape index (κ1) is 22.4. The molecule has 1 atom stereocenters. The third-order valence-electron chi connectivity index (χ3n) is 5.21. The third-order valence-corrected chi connectivity index (χ3v) is 5.21. The average Bonchev–Trinajstić information content (AvgIpc) is 2.83. The summed E-state index contributed by atoms with van der Waals surface area (Å²) in [5.74, 6) is 0.678. The fourth-order valence-electron chi connectivity index (χ4n) is 3.45. The highest BCUT2D eigenvalue weighted by Gasteiger charge is 2.10. The highest BCUT2D eigenvalue weighted by molar-refractivity contribution is 5.80. The molecule has 1 unspecified atom stereocenters. The van der Waals surface area contributed by atoms with E-state index in [2.05, 4.69) is 5.32 Å². The molecule has 0 aliphatic heterocycles. The Balaban J connectivity index is 1.31. The maximum absolute atomic E-state index is 12.5. The van der Waals surface area contributed by atoms with Crippen molar-refractivity contribution in [1.29, 1.82) is 0 Å². The number of aliphatic hydroxyl groups is 1. The van der Waals surface area contributed by atoms with Gasteiger partial charge < -0.3 is 29.8 Å². The molecule has 0 saturated heterocycles. The van der Waals surface area contributed by atoms with Gasteiger partial charge in [-0.05, 0) is 42.8 Å². The zero-order valence-electron chi connectivity index (χ0n) is 17.9. The number of ether oxygens (including phenoxy) is 1. The molecule has 33 heavy (non-hydrogen) atoms. The van der Waals surface area contributed by atoms with Gasteiger partial charge in [0.05, 0.1) is 5.39 Å². The van der Waals surface area contributed by atoms with Crippen molar-refractivity contribution in [2.75, 3.05) is 19.7 Å². The summed E-state index contributed by atoms with van der Waals surface area (Å²) < 4.78 is 11.6. The summed E-state index contributed by atoms with van der Waals surface area (Å²) >= 11 is 0. The van der Waals surface area contributed by atoms with E-state index in [-0.39, 0.29) is 23.5 Å². The number of fused-ring (bicyclic) bond motifs is 1. The van der Waals surface area contributed by atoms with Crippen LogP contribution in [0.2, 0.25) is 0 Å². The number of benzene rings is 3. The van der Waals surface area contributed by atoms with Crippen molar-refractivity contribution < 1.29 is 24.5 Å². The number of hydrogen-bond donors (Lipinski definition) is 4. The fourth-order valence-corrected chi connectivity index (χ4v) is 3.45. The number of aromatic hydroxyl groups is 2. The molecule has 170 valence electrons. The maximum Gasteiger partial charge on any atom is 0.193 e. The van der Waals surface area contributed by atoms with Gasteiger partial charge in [-0.2, -0.15) is 0 Å². The Kier molecular flexibility index (Phi) is 6.92. The summed E-state index contributed by atoms with van der Waals surface area (Å²) in [4.78, 5) is 12.5. The molecule has 4 aromatic rings. The van der Waals surface area contributed by atoms with Gasteiger partial charge in [0.25, 0.3) is 0 Å². The molecule has 0 fully saturated rings. The average molecular weight is 447 g/mol. The first-order valence-corrected chi connectivity index (χ1v) is 10.7. The molecule has 0 spiro atoms. The maximum atomic E-state index is 12.5. The van der Waals surface area contributed by atoms with Gasteiger partial charge in [-0.3, -0.25) is 4.79 Å². The Morgan fingerprint density at radius 2 is 1.76 bits per heavy atom. The molecule has 0 radical (unpaired) electrons. The number of phenolic OH excluding ortho intramolecular Hbond substituents is 2. The van der Waals surface area contributed by atoms with Crippen molar-refractivity contribution in [3.63, 3.8) is 0 Å². The highest BCUT2D eigenvalue weighted by atomic mass is 16.5. The van der Waals surface area contributed by atoms with Crippen molar-refractivity contribution in [2.45, 2.75) is 12.5 Å². The van der Waals surface area contributed by atoms with Crippen molar-refractivity contribution in [1.82, 2.24) is 5.32 Å². The van der Waals surface area contributed by atoms with Crippen LogP contribution < -0.4 is 15.5 Å². The predicted octanol–water partition coefficient (Wildman–Crippen LogP) is 3.44. The molecule has 0 aliphatic rings. The number of phenols is 2. The van der Waals surface area contributed by atoms with Crippen LogP contribution in [0.4, 0.5) is 0 Å². The van der Waals surface area contributed by atoms with Gasteiger partial charge in [0.2, 0.25) is 0 Å². The summed E-state index contributed by atoms with van der Waals surface area (Å²) in [7, 11) is 0. The van der Waals surface area contributed by atoms with Gasteiger partial charge in [0, 0.05) is 24.2 Å². The van der Waals surface area contributed by atoms with Gasteiger partial charge in [-0.1, -0.05) is 36.4 Å². The molecule has 3 aromatic carbocycles. The number of hydrogen-bond acceptors (Lipinski definition) is 7. The molecule has 0 amide bonds. The molecule has 7 nitrogen and oxygen atoms in total. The molecule has 4 rings (SSSR count). The minimum absolute atomic E-state index is 0.0705. The van der Waals surface area contributed by atoms with E-state index in [1.54, 1.807) is 24.3 Å². The molecule has 7 heteroatoms. The summed E-state index contributed by atoms with van der Waals surface area (Å²) in [6.45, 7) is 0.983. The van der Waals surface area contributed by atoms with Crippen LogP contribution in [0.25, 0.3) is 22.3 Å². The van der Waals surface area contributed by atoms with Crippen molar-refractivity contribution in [3.05, 3.63) is 88.6 Å². The molecule has 4 N–H and O–H groups in total. The van der Waals surface area contributed by atoms with Gasteiger partial charge in [-0.25, -0.2) is 0 Å². The van der Waals surface area contributed by atoms with E-state index in [1.807, 2.05) is 30.3 Å². The van der Waals surface area contributed by atoms with Gasteiger partial charge in [-0.15, -0.1) is 0 Å². The number of nitrogens with one attached hydrogen (secondary N) is 1. The lowest BCUT2D eigenvalue weighted by Gasteiger charge is -2.14. The van der Waals surface area contributed by atoms with Crippen LogP contribution in [-0.4, -0.2) is 41.1 Å². The molecule has 1 aromatic heterocycles. The largest absolute Gasteiger partial charge is 0.504 e. The van der Waals surface area contributed by atoms with Crippen LogP contribution in [0.5, 0.6) is 17.2 Å². The molecular weight excluding hydrogens is 422 g/mol.